The van der Waals surface area contributed by atoms with E-state index >= 15 is 0 Å². The Balaban J connectivity index is 2.32. The molecule has 1 aromatic carbocycles. The summed E-state index contributed by atoms with van der Waals surface area (Å²) in [5.41, 5.74) is 0.0273. The lowest BCUT2D eigenvalue weighted by molar-refractivity contribution is 0.504. The summed E-state index contributed by atoms with van der Waals surface area (Å²) in [6.07, 6.45) is 0.964. The Kier molecular flexibility index (Phi) is 3.85. The molecule has 2 rings (SSSR count). The molecule has 1 aliphatic heterocycles. The Hall–Kier alpha value is -1.28. The van der Waals surface area contributed by atoms with Gasteiger partial charge in [0.2, 0.25) is 0 Å². The number of hydrogen-bond donors (Lipinski definition) is 0. The summed E-state index contributed by atoms with van der Waals surface area (Å²) in [5.74, 6) is 0.0237. The predicted octanol–water partition coefficient (Wildman–Crippen LogP) is 2.78. The molecule has 0 radical (unpaired) electrons. The zero-order valence-corrected chi connectivity index (χ0v) is 10.1. The van der Waals surface area contributed by atoms with Crippen LogP contribution in [0.1, 0.15) is 12.0 Å². The first-order valence-corrected chi connectivity index (χ1v) is 6.60. The highest BCUT2D eigenvalue weighted by atomic mass is 32.2. The van der Waals surface area contributed by atoms with Crippen LogP contribution in [-0.4, -0.2) is 24.6 Å². The maximum atomic E-state index is 13.8. The van der Waals surface area contributed by atoms with Gasteiger partial charge in [-0.2, -0.15) is 17.0 Å². The van der Waals surface area contributed by atoms with Crippen molar-refractivity contribution in [2.24, 2.45) is 0 Å². The van der Waals surface area contributed by atoms with Gasteiger partial charge in [-0.25, -0.2) is 8.78 Å². The molecule has 1 heterocycles. The van der Waals surface area contributed by atoms with Crippen LogP contribution in [0.15, 0.2) is 12.1 Å². The van der Waals surface area contributed by atoms with Crippen molar-refractivity contribution in [1.82, 2.24) is 0 Å². The number of rotatable bonds is 1. The molecule has 0 unspecified atom stereocenters. The van der Waals surface area contributed by atoms with Crippen LogP contribution in [0.4, 0.5) is 14.5 Å². The number of anilines is 1. The lowest BCUT2D eigenvalue weighted by Crippen LogP contribution is -2.26. The standard InChI is InChI=1S/C12H12F2N2S/c13-11-9(8-15)2-3-10(12(11)14)16-4-1-6-17-7-5-16/h2-3H,1,4-7H2. The normalized spacial score (nSPS) is 16.4. The minimum absolute atomic E-state index is 0.240. The van der Waals surface area contributed by atoms with E-state index in [1.165, 1.54) is 12.1 Å². The molecule has 1 saturated heterocycles. The maximum Gasteiger partial charge on any atom is 0.183 e. The molecular weight excluding hydrogens is 242 g/mol. The molecule has 0 atom stereocenters. The smallest absolute Gasteiger partial charge is 0.183 e. The van der Waals surface area contributed by atoms with Crippen LogP contribution < -0.4 is 4.90 Å². The fourth-order valence-corrected chi connectivity index (χ4v) is 2.74. The van der Waals surface area contributed by atoms with E-state index in [1.807, 2.05) is 16.7 Å². The summed E-state index contributed by atoms with van der Waals surface area (Å²) in [5, 5.41) is 8.62. The van der Waals surface area contributed by atoms with Crippen molar-refractivity contribution in [3.8, 4) is 6.07 Å². The van der Waals surface area contributed by atoms with Gasteiger partial charge in [0.15, 0.2) is 11.6 Å². The van der Waals surface area contributed by atoms with Crippen molar-refractivity contribution in [1.29, 1.82) is 5.26 Å². The second-order valence-corrected chi connectivity index (χ2v) is 5.05. The molecule has 0 amide bonds. The summed E-state index contributed by atoms with van der Waals surface area (Å²) in [6.45, 7) is 1.45. The number of nitrogens with zero attached hydrogens (tertiary/aromatic N) is 2. The van der Waals surface area contributed by atoms with Crippen molar-refractivity contribution in [2.45, 2.75) is 6.42 Å². The number of halogens is 2. The Bertz CT molecular complexity index is 449. The molecule has 5 heteroatoms. The predicted molar refractivity (Wildman–Crippen MR) is 65.2 cm³/mol. The second kappa shape index (κ2) is 5.37. The number of thioether (sulfide) groups is 1. The largest absolute Gasteiger partial charge is 0.368 e. The van der Waals surface area contributed by atoms with Gasteiger partial charge in [0, 0.05) is 18.8 Å². The molecule has 1 aliphatic rings. The average molecular weight is 254 g/mol. The molecular formula is C12H12F2N2S. The lowest BCUT2D eigenvalue weighted by atomic mass is 10.1. The van der Waals surface area contributed by atoms with Crippen molar-refractivity contribution < 1.29 is 8.78 Å². The monoisotopic (exact) mass is 254 g/mol. The first-order chi connectivity index (χ1) is 8.24. The van der Waals surface area contributed by atoms with Gasteiger partial charge in [-0.1, -0.05) is 0 Å². The molecule has 17 heavy (non-hydrogen) atoms. The van der Waals surface area contributed by atoms with Gasteiger partial charge in [-0.15, -0.1) is 0 Å². The van der Waals surface area contributed by atoms with Crippen LogP contribution in [0.25, 0.3) is 0 Å². The van der Waals surface area contributed by atoms with Gasteiger partial charge in [0.25, 0.3) is 0 Å². The van der Waals surface area contributed by atoms with Crippen molar-refractivity contribution in [3.63, 3.8) is 0 Å². The van der Waals surface area contributed by atoms with Gasteiger partial charge in [-0.05, 0) is 24.3 Å². The van der Waals surface area contributed by atoms with Crippen LogP contribution in [0, 0.1) is 23.0 Å². The Labute approximate surface area is 103 Å². The van der Waals surface area contributed by atoms with E-state index in [0.29, 0.717) is 6.54 Å². The van der Waals surface area contributed by atoms with Crippen molar-refractivity contribution in [2.75, 3.05) is 29.5 Å². The van der Waals surface area contributed by atoms with Gasteiger partial charge >= 0.3 is 0 Å². The van der Waals surface area contributed by atoms with E-state index in [4.69, 9.17) is 5.26 Å². The zero-order chi connectivity index (χ0) is 12.3. The Morgan fingerprint density at radius 1 is 1.18 bits per heavy atom. The Morgan fingerprint density at radius 2 is 2.00 bits per heavy atom. The molecule has 0 aromatic heterocycles. The van der Waals surface area contributed by atoms with Crippen molar-refractivity contribution in [3.05, 3.63) is 29.3 Å². The van der Waals surface area contributed by atoms with E-state index in [0.717, 1.165) is 24.5 Å². The van der Waals surface area contributed by atoms with Crippen LogP contribution in [-0.2, 0) is 0 Å². The Morgan fingerprint density at radius 3 is 2.76 bits per heavy atom. The van der Waals surface area contributed by atoms with Gasteiger partial charge < -0.3 is 4.90 Å². The third kappa shape index (κ3) is 2.52. The van der Waals surface area contributed by atoms with Crippen LogP contribution >= 0.6 is 11.8 Å². The van der Waals surface area contributed by atoms with E-state index in [1.54, 1.807) is 6.07 Å². The first-order valence-electron chi connectivity index (χ1n) is 5.45. The number of nitriles is 1. The fraction of sp³-hybridized carbons (Fsp3) is 0.417. The fourth-order valence-electron chi connectivity index (χ4n) is 1.86. The zero-order valence-electron chi connectivity index (χ0n) is 9.25. The third-order valence-corrected chi connectivity index (χ3v) is 3.79. The number of hydrogen-bond acceptors (Lipinski definition) is 3. The quantitative estimate of drug-likeness (QED) is 0.771. The van der Waals surface area contributed by atoms with Crippen molar-refractivity contribution >= 4 is 17.4 Å². The molecule has 90 valence electrons. The summed E-state index contributed by atoms with van der Waals surface area (Å²) >= 11 is 1.82. The van der Waals surface area contributed by atoms with Crippen LogP contribution in [0.2, 0.25) is 0 Å². The molecule has 1 aromatic rings. The van der Waals surface area contributed by atoms with E-state index in [-0.39, 0.29) is 11.3 Å². The molecule has 2 nitrogen and oxygen atoms in total. The SMILES string of the molecule is N#Cc1ccc(N2CCCSCC2)c(F)c1F. The van der Waals surface area contributed by atoms with Crippen LogP contribution in [0.5, 0.6) is 0 Å². The summed E-state index contributed by atoms with van der Waals surface area (Å²) in [6, 6.07) is 4.47. The van der Waals surface area contributed by atoms with Crippen LogP contribution in [0.3, 0.4) is 0 Å². The molecule has 0 N–H and O–H groups in total. The molecule has 1 fully saturated rings. The molecule has 0 saturated carbocycles. The van der Waals surface area contributed by atoms with E-state index in [9.17, 15) is 8.78 Å². The van der Waals surface area contributed by atoms with Gasteiger partial charge in [0.1, 0.15) is 6.07 Å². The highest BCUT2D eigenvalue weighted by Gasteiger charge is 2.18. The lowest BCUT2D eigenvalue weighted by Gasteiger charge is -2.23. The van der Waals surface area contributed by atoms with Gasteiger partial charge in [0.05, 0.1) is 11.3 Å². The topological polar surface area (TPSA) is 27.0 Å². The highest BCUT2D eigenvalue weighted by molar-refractivity contribution is 7.99. The highest BCUT2D eigenvalue weighted by Crippen LogP contribution is 2.25. The van der Waals surface area contributed by atoms with Gasteiger partial charge in [-0.3, -0.25) is 0 Å². The maximum absolute atomic E-state index is 13.8. The molecule has 0 spiro atoms. The summed E-state index contributed by atoms with van der Waals surface area (Å²) in [7, 11) is 0. The minimum atomic E-state index is -1.04. The molecule has 0 bridgehead atoms. The number of benzene rings is 1. The second-order valence-electron chi connectivity index (χ2n) is 3.82. The van der Waals surface area contributed by atoms with E-state index in [2.05, 4.69) is 0 Å². The first kappa shape index (κ1) is 12.2. The average Bonchev–Trinajstić information content (AvgIpc) is 2.61. The van der Waals surface area contributed by atoms with E-state index < -0.39 is 11.6 Å². The minimum Gasteiger partial charge on any atom is -0.368 e. The summed E-state index contributed by atoms with van der Waals surface area (Å²) < 4.78 is 27.3. The third-order valence-electron chi connectivity index (χ3n) is 2.75. The summed E-state index contributed by atoms with van der Waals surface area (Å²) in [4.78, 5) is 1.85. The molecule has 0 aliphatic carbocycles.